The van der Waals surface area contributed by atoms with Crippen LogP contribution < -0.4 is 0 Å². The van der Waals surface area contributed by atoms with Crippen LogP contribution in [0.2, 0.25) is 0 Å². The second kappa shape index (κ2) is 14.7. The summed E-state index contributed by atoms with van der Waals surface area (Å²) in [5.41, 5.74) is 14.2. The number of fused-ring (bicyclic) bond motifs is 6. The Balaban J connectivity index is 1.06. The molecule has 12 rings (SSSR count). The Hall–Kier alpha value is -8.41. The largest absolute Gasteiger partial charge is 0.278 e. The first kappa shape index (κ1) is 35.5. The average Bonchev–Trinajstić information content (AvgIpc) is 3.87. The zero-order valence-corrected chi connectivity index (χ0v) is 33.6. The minimum Gasteiger partial charge on any atom is -0.278 e. The van der Waals surface area contributed by atoms with Crippen LogP contribution in [0.5, 0.6) is 0 Å². The molecule has 3 aromatic heterocycles. The molecule has 0 fully saturated rings. The number of hydrogen-bond donors (Lipinski definition) is 0. The van der Waals surface area contributed by atoms with E-state index in [0.29, 0.717) is 17.7 Å². The molecule has 290 valence electrons. The topological polar surface area (TPSA) is 48.5 Å². The third-order valence-electron chi connectivity index (χ3n) is 12.1. The minimum absolute atomic E-state index is 0.548. The summed E-state index contributed by atoms with van der Waals surface area (Å²) >= 11 is 0. The van der Waals surface area contributed by atoms with Crippen LogP contribution in [0, 0.1) is 0 Å². The molecule has 9 aromatic carbocycles. The van der Waals surface area contributed by atoms with Gasteiger partial charge in [-0.05, 0) is 68.8 Å². The molecule has 5 heteroatoms. The molecule has 0 unspecified atom stereocenters. The van der Waals surface area contributed by atoms with Crippen molar-refractivity contribution in [2.75, 3.05) is 0 Å². The van der Waals surface area contributed by atoms with Crippen LogP contribution in [0.25, 0.3) is 111 Å². The van der Waals surface area contributed by atoms with Crippen LogP contribution in [-0.2, 0) is 0 Å². The lowest BCUT2D eigenvalue weighted by molar-refractivity contribution is 0.893. The van der Waals surface area contributed by atoms with E-state index in [0.717, 1.165) is 77.0 Å². The quantitative estimate of drug-likeness (QED) is 0.162. The van der Waals surface area contributed by atoms with Gasteiger partial charge in [0, 0.05) is 27.1 Å². The van der Waals surface area contributed by atoms with E-state index in [4.69, 9.17) is 15.0 Å². The van der Waals surface area contributed by atoms with Gasteiger partial charge in [0.05, 0.1) is 22.1 Å². The monoisotopic (exact) mass is 791 g/mol. The standard InChI is InChI=1S/C57H37N5/c1-3-15-38(16-4-1)40-27-29-41(30-28-40)42-31-33-43(34-32-42)45-19-7-8-23-50(45)55-58-56(61-51-24-12-9-20-46(51)47-21-10-13-25-52(47)61)60-57(59-55)62-53-26-14-11-22-48(53)49-36-35-44(37-54(49)62)39-17-5-2-6-18-39/h1-37H. The summed E-state index contributed by atoms with van der Waals surface area (Å²) in [7, 11) is 0. The van der Waals surface area contributed by atoms with Crippen molar-refractivity contribution in [3.05, 3.63) is 224 Å². The maximum atomic E-state index is 5.43. The Bertz CT molecular complexity index is 3550. The SMILES string of the molecule is c1ccc(-c2ccc(-c3ccc(-c4ccccc4-c4nc(-n5c6ccccc6c6ccccc65)nc(-n5c6ccccc6c6ccc(-c7ccccc7)cc65)n4)cc3)cc2)cc1. The predicted molar refractivity (Wildman–Crippen MR) is 256 cm³/mol. The first-order valence-electron chi connectivity index (χ1n) is 20.9. The number of benzene rings is 9. The molecular weight excluding hydrogens is 755 g/mol. The first-order valence-corrected chi connectivity index (χ1v) is 20.9. The highest BCUT2D eigenvalue weighted by Gasteiger charge is 2.22. The smallest absolute Gasteiger partial charge is 0.240 e. The second-order valence-corrected chi connectivity index (χ2v) is 15.6. The summed E-state index contributed by atoms with van der Waals surface area (Å²) in [5, 5.41) is 4.56. The molecule has 0 N–H and O–H groups in total. The van der Waals surface area contributed by atoms with Crippen molar-refractivity contribution in [3.63, 3.8) is 0 Å². The van der Waals surface area contributed by atoms with Crippen LogP contribution in [-0.4, -0.2) is 24.1 Å². The van der Waals surface area contributed by atoms with Crippen molar-refractivity contribution in [3.8, 4) is 67.8 Å². The summed E-state index contributed by atoms with van der Waals surface area (Å²) in [5.74, 6) is 1.69. The third kappa shape index (κ3) is 5.98. The van der Waals surface area contributed by atoms with E-state index in [-0.39, 0.29) is 0 Å². The van der Waals surface area contributed by atoms with Crippen LogP contribution in [0.4, 0.5) is 0 Å². The molecule has 0 aliphatic heterocycles. The molecule has 0 amide bonds. The van der Waals surface area contributed by atoms with E-state index < -0.39 is 0 Å². The molecular formula is C57H37N5. The van der Waals surface area contributed by atoms with E-state index in [1.165, 1.54) is 16.7 Å². The highest BCUT2D eigenvalue weighted by molar-refractivity contribution is 6.11. The summed E-state index contributed by atoms with van der Waals surface area (Å²) in [6, 6.07) is 79.3. The van der Waals surface area contributed by atoms with Gasteiger partial charge in [0.1, 0.15) is 0 Å². The number of nitrogens with zero attached hydrogens (tertiary/aromatic N) is 5. The van der Waals surface area contributed by atoms with Gasteiger partial charge in [-0.2, -0.15) is 15.0 Å². The molecule has 62 heavy (non-hydrogen) atoms. The molecule has 0 radical (unpaired) electrons. The lowest BCUT2D eigenvalue weighted by atomic mass is 9.96. The van der Waals surface area contributed by atoms with Crippen molar-refractivity contribution in [1.29, 1.82) is 0 Å². The number of para-hydroxylation sites is 3. The molecule has 3 heterocycles. The molecule has 5 nitrogen and oxygen atoms in total. The van der Waals surface area contributed by atoms with E-state index in [2.05, 4.69) is 234 Å². The molecule has 0 aliphatic rings. The fourth-order valence-electron chi connectivity index (χ4n) is 9.07. The lowest BCUT2D eigenvalue weighted by Crippen LogP contribution is -2.10. The third-order valence-corrected chi connectivity index (χ3v) is 12.1. The van der Waals surface area contributed by atoms with E-state index in [9.17, 15) is 0 Å². The molecule has 0 aliphatic carbocycles. The Morgan fingerprint density at radius 3 is 1.11 bits per heavy atom. The van der Waals surface area contributed by atoms with E-state index >= 15 is 0 Å². The maximum Gasteiger partial charge on any atom is 0.240 e. The highest BCUT2D eigenvalue weighted by atomic mass is 15.3. The molecule has 0 saturated carbocycles. The molecule has 0 atom stereocenters. The summed E-state index contributed by atoms with van der Waals surface area (Å²) < 4.78 is 4.39. The lowest BCUT2D eigenvalue weighted by Gasteiger charge is -2.15. The van der Waals surface area contributed by atoms with Gasteiger partial charge in [0.2, 0.25) is 11.9 Å². The minimum atomic E-state index is 0.548. The number of rotatable bonds is 7. The zero-order chi connectivity index (χ0) is 41.0. The van der Waals surface area contributed by atoms with Gasteiger partial charge in [-0.1, -0.05) is 200 Å². The molecule has 0 bridgehead atoms. The summed E-state index contributed by atoms with van der Waals surface area (Å²) in [4.78, 5) is 16.2. The number of aromatic nitrogens is 5. The van der Waals surface area contributed by atoms with E-state index in [1.807, 2.05) is 0 Å². The van der Waals surface area contributed by atoms with Gasteiger partial charge in [-0.15, -0.1) is 0 Å². The molecule has 12 aromatic rings. The zero-order valence-electron chi connectivity index (χ0n) is 33.6. The van der Waals surface area contributed by atoms with Crippen LogP contribution in [0.3, 0.4) is 0 Å². The van der Waals surface area contributed by atoms with Gasteiger partial charge in [-0.25, -0.2) is 0 Å². The predicted octanol–water partition coefficient (Wildman–Crippen LogP) is 14.4. The van der Waals surface area contributed by atoms with Gasteiger partial charge >= 0.3 is 0 Å². The van der Waals surface area contributed by atoms with Crippen molar-refractivity contribution >= 4 is 43.6 Å². The fourth-order valence-corrected chi connectivity index (χ4v) is 9.07. The van der Waals surface area contributed by atoms with Crippen LogP contribution in [0.15, 0.2) is 224 Å². The second-order valence-electron chi connectivity index (χ2n) is 15.6. The maximum absolute atomic E-state index is 5.43. The van der Waals surface area contributed by atoms with Crippen LogP contribution in [0.1, 0.15) is 0 Å². The van der Waals surface area contributed by atoms with Crippen molar-refractivity contribution in [1.82, 2.24) is 24.1 Å². The Kier molecular flexibility index (Phi) is 8.42. The van der Waals surface area contributed by atoms with Crippen molar-refractivity contribution < 1.29 is 0 Å². The summed E-state index contributed by atoms with van der Waals surface area (Å²) in [6.07, 6.45) is 0. The van der Waals surface area contributed by atoms with Gasteiger partial charge in [-0.3, -0.25) is 9.13 Å². The summed E-state index contributed by atoms with van der Waals surface area (Å²) in [6.45, 7) is 0. The highest BCUT2D eigenvalue weighted by Crippen LogP contribution is 2.38. The van der Waals surface area contributed by atoms with Crippen molar-refractivity contribution in [2.24, 2.45) is 0 Å². The van der Waals surface area contributed by atoms with Gasteiger partial charge < -0.3 is 0 Å². The van der Waals surface area contributed by atoms with Gasteiger partial charge in [0.25, 0.3) is 0 Å². The van der Waals surface area contributed by atoms with Crippen LogP contribution >= 0.6 is 0 Å². The number of hydrogen-bond acceptors (Lipinski definition) is 3. The molecule has 0 spiro atoms. The van der Waals surface area contributed by atoms with Gasteiger partial charge in [0.15, 0.2) is 5.82 Å². The Morgan fingerprint density at radius 1 is 0.242 bits per heavy atom. The average molecular weight is 792 g/mol. The normalized spacial score (nSPS) is 11.5. The Labute approximate surface area is 358 Å². The molecule has 0 saturated heterocycles. The van der Waals surface area contributed by atoms with E-state index in [1.54, 1.807) is 0 Å². The first-order chi connectivity index (χ1) is 30.7. The van der Waals surface area contributed by atoms with Crippen molar-refractivity contribution in [2.45, 2.75) is 0 Å². The Morgan fingerprint density at radius 2 is 0.597 bits per heavy atom. The fraction of sp³-hybridized carbons (Fsp3) is 0.